The summed E-state index contributed by atoms with van der Waals surface area (Å²) >= 11 is 0. The Balaban J connectivity index is 2.28. The molecule has 136 valence electrons. The maximum absolute atomic E-state index is 13.0. The SMILES string of the molecule is CC(O)[C@H](N)C(=O)N1CCCC12CCN([C@H](C(N)=O)[C@@H](C)O)C2=O. The van der Waals surface area contributed by atoms with Crippen LogP contribution in [-0.4, -0.2) is 80.7 Å². The first-order chi connectivity index (χ1) is 11.1. The average Bonchev–Trinajstić information content (AvgIpc) is 3.05. The minimum absolute atomic E-state index is 0.227. The van der Waals surface area contributed by atoms with Gasteiger partial charge < -0.3 is 31.5 Å². The van der Waals surface area contributed by atoms with E-state index in [0.29, 0.717) is 25.8 Å². The Kier molecular flexibility index (Phi) is 5.17. The lowest BCUT2D eigenvalue weighted by Crippen LogP contribution is -2.60. The van der Waals surface area contributed by atoms with Gasteiger partial charge in [0.25, 0.3) is 0 Å². The molecule has 9 heteroatoms. The summed E-state index contributed by atoms with van der Waals surface area (Å²) in [4.78, 5) is 39.9. The Morgan fingerprint density at radius 1 is 1.17 bits per heavy atom. The standard InChI is InChI=1S/C15H26N4O5/c1-8(20)10(16)13(23)19-6-3-4-15(19)5-7-18(14(15)24)11(9(2)21)12(17)22/h8-11,20-21H,3-7,16H2,1-2H3,(H2,17,22)/t8?,9-,10+,11+,15?/m1/s1. The fourth-order valence-electron chi connectivity index (χ4n) is 3.77. The number of hydrogen-bond donors (Lipinski definition) is 4. The van der Waals surface area contributed by atoms with Gasteiger partial charge in [0.15, 0.2) is 0 Å². The number of hydrogen-bond acceptors (Lipinski definition) is 6. The molecular weight excluding hydrogens is 316 g/mol. The number of aliphatic hydroxyl groups is 2. The largest absolute Gasteiger partial charge is 0.391 e. The number of primary amides is 1. The highest BCUT2D eigenvalue weighted by Gasteiger charge is 2.57. The highest BCUT2D eigenvalue weighted by Crippen LogP contribution is 2.40. The van der Waals surface area contributed by atoms with Crippen LogP contribution in [0.2, 0.25) is 0 Å². The third kappa shape index (κ3) is 2.87. The molecule has 6 N–H and O–H groups in total. The number of amides is 3. The van der Waals surface area contributed by atoms with E-state index in [1.54, 1.807) is 0 Å². The van der Waals surface area contributed by atoms with Crippen LogP contribution >= 0.6 is 0 Å². The molecule has 2 fully saturated rings. The number of carbonyl (C=O) groups excluding carboxylic acids is 3. The van der Waals surface area contributed by atoms with E-state index in [0.717, 1.165) is 0 Å². The van der Waals surface area contributed by atoms with E-state index >= 15 is 0 Å². The Morgan fingerprint density at radius 2 is 1.79 bits per heavy atom. The first kappa shape index (κ1) is 18.6. The maximum Gasteiger partial charge on any atom is 0.249 e. The number of likely N-dealkylation sites (tertiary alicyclic amines) is 2. The van der Waals surface area contributed by atoms with E-state index in [1.165, 1.54) is 23.6 Å². The second kappa shape index (κ2) is 6.66. The molecule has 0 saturated carbocycles. The fraction of sp³-hybridized carbons (Fsp3) is 0.800. The van der Waals surface area contributed by atoms with Crippen molar-refractivity contribution in [2.45, 2.75) is 62.9 Å². The first-order valence-electron chi connectivity index (χ1n) is 8.17. The second-order valence-corrected chi connectivity index (χ2v) is 6.73. The molecular formula is C15H26N4O5. The lowest BCUT2D eigenvalue weighted by atomic mass is 9.93. The molecule has 0 bridgehead atoms. The minimum Gasteiger partial charge on any atom is -0.391 e. The van der Waals surface area contributed by atoms with Gasteiger partial charge in [-0.1, -0.05) is 0 Å². The predicted octanol–water partition coefficient (Wildman–Crippen LogP) is -2.48. The maximum atomic E-state index is 13.0. The van der Waals surface area contributed by atoms with Crippen LogP contribution in [0.15, 0.2) is 0 Å². The summed E-state index contributed by atoms with van der Waals surface area (Å²) in [7, 11) is 0. The van der Waals surface area contributed by atoms with Crippen LogP contribution in [0.4, 0.5) is 0 Å². The summed E-state index contributed by atoms with van der Waals surface area (Å²) in [5, 5.41) is 19.4. The lowest BCUT2D eigenvalue weighted by molar-refractivity contribution is -0.152. The fourth-order valence-corrected chi connectivity index (χ4v) is 3.77. The number of nitrogens with zero attached hydrogens (tertiary/aromatic N) is 2. The molecule has 2 heterocycles. The van der Waals surface area contributed by atoms with Crippen molar-refractivity contribution in [1.29, 1.82) is 0 Å². The highest BCUT2D eigenvalue weighted by molar-refractivity contribution is 5.97. The Bertz CT molecular complexity index is 538. The minimum atomic E-state index is -1.13. The van der Waals surface area contributed by atoms with Gasteiger partial charge in [-0.05, 0) is 33.1 Å². The van der Waals surface area contributed by atoms with E-state index in [2.05, 4.69) is 0 Å². The summed E-state index contributed by atoms with van der Waals surface area (Å²) in [5.74, 6) is -1.66. The summed E-state index contributed by atoms with van der Waals surface area (Å²) in [5.41, 5.74) is 10.0. The molecule has 0 radical (unpaired) electrons. The van der Waals surface area contributed by atoms with Crippen molar-refractivity contribution in [2.75, 3.05) is 13.1 Å². The summed E-state index contributed by atoms with van der Waals surface area (Å²) in [6.07, 6.45) is -0.689. The van der Waals surface area contributed by atoms with Gasteiger partial charge in [-0.15, -0.1) is 0 Å². The Morgan fingerprint density at radius 3 is 2.29 bits per heavy atom. The first-order valence-corrected chi connectivity index (χ1v) is 8.17. The van der Waals surface area contributed by atoms with Gasteiger partial charge in [-0.2, -0.15) is 0 Å². The van der Waals surface area contributed by atoms with Crippen molar-refractivity contribution < 1.29 is 24.6 Å². The van der Waals surface area contributed by atoms with Crippen LogP contribution < -0.4 is 11.5 Å². The van der Waals surface area contributed by atoms with Gasteiger partial charge in [0.2, 0.25) is 17.7 Å². The van der Waals surface area contributed by atoms with Gasteiger partial charge in [-0.25, -0.2) is 0 Å². The molecule has 0 aromatic rings. The quantitative estimate of drug-likeness (QED) is 0.434. The zero-order chi connectivity index (χ0) is 18.2. The van der Waals surface area contributed by atoms with Crippen LogP contribution in [0.25, 0.3) is 0 Å². The van der Waals surface area contributed by atoms with E-state index < -0.39 is 47.6 Å². The molecule has 2 rings (SSSR count). The van der Waals surface area contributed by atoms with E-state index in [-0.39, 0.29) is 6.54 Å². The van der Waals surface area contributed by atoms with Crippen molar-refractivity contribution in [3.8, 4) is 0 Å². The number of nitrogens with two attached hydrogens (primary N) is 2. The molecule has 0 aromatic heterocycles. The van der Waals surface area contributed by atoms with E-state index in [9.17, 15) is 24.6 Å². The Labute approximate surface area is 140 Å². The average molecular weight is 342 g/mol. The summed E-state index contributed by atoms with van der Waals surface area (Å²) in [6.45, 7) is 3.42. The molecule has 2 saturated heterocycles. The molecule has 24 heavy (non-hydrogen) atoms. The van der Waals surface area contributed by atoms with Crippen molar-refractivity contribution in [3.63, 3.8) is 0 Å². The third-order valence-corrected chi connectivity index (χ3v) is 5.07. The molecule has 2 unspecified atom stereocenters. The monoisotopic (exact) mass is 342 g/mol. The second-order valence-electron chi connectivity index (χ2n) is 6.73. The van der Waals surface area contributed by atoms with Crippen LogP contribution in [0.1, 0.15) is 33.1 Å². The van der Waals surface area contributed by atoms with Crippen LogP contribution in [0.3, 0.4) is 0 Å². The van der Waals surface area contributed by atoms with E-state index in [1.807, 2.05) is 0 Å². The van der Waals surface area contributed by atoms with Gasteiger partial charge in [0.05, 0.1) is 12.2 Å². The summed E-state index contributed by atoms with van der Waals surface area (Å²) in [6, 6.07) is -2.23. The van der Waals surface area contributed by atoms with Crippen LogP contribution in [-0.2, 0) is 14.4 Å². The molecule has 9 nitrogen and oxygen atoms in total. The zero-order valence-corrected chi connectivity index (χ0v) is 14.0. The Hall–Kier alpha value is -1.71. The molecule has 1 spiro atoms. The smallest absolute Gasteiger partial charge is 0.249 e. The van der Waals surface area contributed by atoms with Crippen molar-refractivity contribution >= 4 is 17.7 Å². The summed E-state index contributed by atoms with van der Waals surface area (Å²) < 4.78 is 0. The third-order valence-electron chi connectivity index (χ3n) is 5.07. The molecule has 0 aliphatic carbocycles. The molecule has 2 aliphatic heterocycles. The van der Waals surface area contributed by atoms with Crippen molar-refractivity contribution in [3.05, 3.63) is 0 Å². The van der Waals surface area contributed by atoms with Gasteiger partial charge in [0, 0.05) is 13.1 Å². The highest BCUT2D eigenvalue weighted by atomic mass is 16.3. The zero-order valence-electron chi connectivity index (χ0n) is 14.0. The molecule has 2 aliphatic rings. The van der Waals surface area contributed by atoms with Crippen molar-refractivity contribution in [1.82, 2.24) is 9.80 Å². The predicted molar refractivity (Wildman–Crippen MR) is 84.3 cm³/mol. The molecule has 5 atom stereocenters. The molecule has 3 amide bonds. The number of rotatable bonds is 5. The number of carbonyl (C=O) groups is 3. The van der Waals surface area contributed by atoms with Crippen LogP contribution in [0.5, 0.6) is 0 Å². The molecule has 0 aromatic carbocycles. The normalized spacial score (nSPS) is 29.0. The van der Waals surface area contributed by atoms with Gasteiger partial charge in [0.1, 0.15) is 17.6 Å². The van der Waals surface area contributed by atoms with Crippen LogP contribution in [0, 0.1) is 0 Å². The van der Waals surface area contributed by atoms with Gasteiger partial charge in [-0.3, -0.25) is 14.4 Å². The number of aliphatic hydroxyl groups excluding tert-OH is 2. The van der Waals surface area contributed by atoms with E-state index in [4.69, 9.17) is 11.5 Å². The van der Waals surface area contributed by atoms with Gasteiger partial charge >= 0.3 is 0 Å². The van der Waals surface area contributed by atoms with Crippen molar-refractivity contribution in [2.24, 2.45) is 11.5 Å². The topological polar surface area (TPSA) is 150 Å². The lowest BCUT2D eigenvalue weighted by Gasteiger charge is -2.36.